The Labute approximate surface area is 471 Å². The highest BCUT2D eigenvalue weighted by molar-refractivity contribution is 6.13. The van der Waals surface area contributed by atoms with Crippen molar-refractivity contribution >= 4 is 44.5 Å². The zero-order valence-corrected chi connectivity index (χ0v) is 44.7. The van der Waals surface area contributed by atoms with Gasteiger partial charge in [0.2, 0.25) is 0 Å². The molecule has 0 amide bonds. The summed E-state index contributed by atoms with van der Waals surface area (Å²) in [5, 5.41) is 3.54. The third kappa shape index (κ3) is 8.93. The van der Waals surface area contributed by atoms with Gasteiger partial charge >= 0.3 is 0 Å². The predicted molar refractivity (Wildman–Crippen MR) is 339 cm³/mol. The summed E-state index contributed by atoms with van der Waals surface area (Å²) < 4.78 is 4.85. The molecule has 0 atom stereocenters. The molecular weight excluding hydrogens is 983 g/mol. The Morgan fingerprint density at radius 1 is 0.346 bits per heavy atom. The molecule has 5 heteroatoms. The van der Waals surface area contributed by atoms with Crippen LogP contribution in [-0.2, 0) is 0 Å². The summed E-state index contributed by atoms with van der Waals surface area (Å²) in [4.78, 5) is 16.1. The second-order valence-corrected chi connectivity index (χ2v) is 20.4. The maximum absolute atomic E-state index is 5.42. The number of benzene rings is 11. The van der Waals surface area contributed by atoms with Crippen molar-refractivity contribution in [2.45, 2.75) is 6.92 Å². The molecule has 0 aliphatic rings. The smallest absolute Gasteiger partial charge is 0.164 e. The molecule has 0 aliphatic heterocycles. The monoisotopic (exact) mass is 1040 g/mol. The van der Waals surface area contributed by atoms with Gasteiger partial charge in [0.1, 0.15) is 0 Å². The summed E-state index contributed by atoms with van der Waals surface area (Å²) in [7, 11) is 0. The average molecular weight is 1040 g/mol. The van der Waals surface area contributed by atoms with Gasteiger partial charge in [-0.05, 0) is 93.9 Å². The number of nitrogens with zero attached hydrogens (tertiary/aromatic N) is 5. The van der Waals surface area contributed by atoms with Crippen molar-refractivity contribution in [3.8, 4) is 95.5 Å². The lowest BCUT2D eigenvalue weighted by molar-refractivity contribution is 1.05. The molecule has 0 radical (unpaired) electrons. The fourth-order valence-corrected chi connectivity index (χ4v) is 11.7. The molecule has 81 heavy (non-hydrogen) atoms. The van der Waals surface area contributed by atoms with Crippen LogP contribution >= 0.6 is 0 Å². The second kappa shape index (κ2) is 20.9. The van der Waals surface area contributed by atoms with E-state index >= 15 is 0 Å². The van der Waals surface area contributed by atoms with E-state index in [9.17, 15) is 0 Å². The molecule has 0 N–H and O–H groups in total. The van der Waals surface area contributed by atoms with E-state index in [1.165, 1.54) is 10.8 Å². The van der Waals surface area contributed by atoms with Crippen LogP contribution in [0.1, 0.15) is 11.3 Å². The Hall–Kier alpha value is -10.8. The van der Waals surface area contributed by atoms with E-state index < -0.39 is 0 Å². The number of allylic oxidation sites excluding steroid dienone is 2. The highest BCUT2D eigenvalue weighted by Gasteiger charge is 2.26. The fraction of sp³-hybridized carbons (Fsp3) is 0.0132. The van der Waals surface area contributed by atoms with Gasteiger partial charge in [0, 0.05) is 60.9 Å². The maximum Gasteiger partial charge on any atom is 0.164 e. The molecule has 0 saturated heterocycles. The molecule has 0 spiro atoms. The van der Waals surface area contributed by atoms with Crippen molar-refractivity contribution in [3.63, 3.8) is 0 Å². The van der Waals surface area contributed by atoms with Crippen LogP contribution in [0.5, 0.6) is 0 Å². The van der Waals surface area contributed by atoms with Gasteiger partial charge in [0.15, 0.2) is 17.5 Å². The van der Waals surface area contributed by atoms with Crippen molar-refractivity contribution in [2.75, 3.05) is 0 Å². The Morgan fingerprint density at radius 2 is 0.704 bits per heavy atom. The van der Waals surface area contributed by atoms with Crippen LogP contribution in [0.15, 0.2) is 292 Å². The molecule has 5 nitrogen and oxygen atoms in total. The maximum atomic E-state index is 5.42. The van der Waals surface area contributed by atoms with Gasteiger partial charge in [0.25, 0.3) is 0 Å². The SMILES string of the molecule is C=C/C(=C\c1c(C)n(-c2c(-c3ccccc3)cc(-c3nc(-c4ccc(-c5ccccc5)cc4)nc(-c4ccc(-c5ccccc5)cc4)n3)cc2-c2ccccc2)c2cccc(-c3ccccc3)c12)n1c2ccccc2c2ccccc21. The lowest BCUT2D eigenvalue weighted by Gasteiger charge is -2.21. The summed E-state index contributed by atoms with van der Waals surface area (Å²) in [5.41, 5.74) is 21.2. The minimum absolute atomic E-state index is 0.570. The van der Waals surface area contributed by atoms with Gasteiger partial charge in [0.05, 0.1) is 22.2 Å². The Bertz CT molecular complexity index is 4440. The molecule has 11 aromatic carbocycles. The highest BCUT2D eigenvalue weighted by Crippen LogP contribution is 2.46. The molecule has 0 aliphatic carbocycles. The topological polar surface area (TPSA) is 48.5 Å². The average Bonchev–Trinajstić information content (AvgIpc) is 3.53. The lowest BCUT2D eigenvalue weighted by atomic mass is 9.92. The minimum Gasteiger partial charge on any atom is -0.312 e. The number of para-hydroxylation sites is 2. The van der Waals surface area contributed by atoms with Gasteiger partial charge in [-0.15, -0.1) is 0 Å². The molecule has 0 bridgehead atoms. The van der Waals surface area contributed by atoms with E-state index in [-0.39, 0.29) is 0 Å². The van der Waals surface area contributed by atoms with Gasteiger partial charge in [-0.25, -0.2) is 15.0 Å². The molecule has 14 rings (SSSR count). The quantitative estimate of drug-likeness (QED) is 0.115. The molecular formula is C76H53N5. The van der Waals surface area contributed by atoms with Crippen molar-refractivity contribution in [3.05, 3.63) is 303 Å². The number of fused-ring (bicyclic) bond motifs is 4. The number of aromatic nitrogens is 5. The lowest BCUT2D eigenvalue weighted by Crippen LogP contribution is -2.05. The summed E-state index contributed by atoms with van der Waals surface area (Å²) in [5.74, 6) is 1.75. The molecule has 0 saturated carbocycles. The Kier molecular flexibility index (Phi) is 12.5. The summed E-state index contributed by atoms with van der Waals surface area (Å²) >= 11 is 0. The summed E-state index contributed by atoms with van der Waals surface area (Å²) in [6, 6.07) is 98.8. The van der Waals surface area contributed by atoms with Crippen LogP contribution in [0.4, 0.5) is 0 Å². The second-order valence-electron chi connectivity index (χ2n) is 20.4. The van der Waals surface area contributed by atoms with E-state index in [0.29, 0.717) is 17.5 Å². The van der Waals surface area contributed by atoms with Crippen LogP contribution in [0.2, 0.25) is 0 Å². The Balaban J connectivity index is 1.03. The Morgan fingerprint density at radius 3 is 1.15 bits per heavy atom. The highest BCUT2D eigenvalue weighted by atomic mass is 15.0. The minimum atomic E-state index is 0.570. The van der Waals surface area contributed by atoms with Crippen LogP contribution in [0.25, 0.3) is 140 Å². The van der Waals surface area contributed by atoms with Crippen LogP contribution < -0.4 is 0 Å². The standard InChI is InChI=1S/C76H53N5/c1-3-62(81-69-37-21-19-34-64(69)65-35-20-22-38-70(65)81)50-66-51(2)80(71-39-23-36-63(72(66)71)56-28-13-6-14-29-56)73-67(57-30-15-7-16-31-57)48-61(49-68(73)58-32-17-8-18-33-58)76-78-74(59-44-40-54(41-45-59)52-24-9-4-10-25-52)77-75(79-76)60-46-42-55(43-47-60)53-26-11-5-12-27-53/h3-50H,1H2,2H3/b62-50+. The first-order chi connectivity index (χ1) is 40.1. The van der Waals surface area contributed by atoms with E-state index in [0.717, 1.165) is 117 Å². The zero-order valence-electron chi connectivity index (χ0n) is 44.7. The van der Waals surface area contributed by atoms with Gasteiger partial charge in [-0.1, -0.05) is 255 Å². The van der Waals surface area contributed by atoms with E-state index in [2.05, 4.69) is 296 Å². The largest absolute Gasteiger partial charge is 0.312 e. The number of hydrogen-bond acceptors (Lipinski definition) is 3. The first kappa shape index (κ1) is 48.6. The van der Waals surface area contributed by atoms with Gasteiger partial charge < -0.3 is 9.13 Å². The van der Waals surface area contributed by atoms with Crippen LogP contribution in [0, 0.1) is 6.92 Å². The van der Waals surface area contributed by atoms with E-state index in [1.807, 2.05) is 18.2 Å². The third-order valence-corrected chi connectivity index (χ3v) is 15.6. The molecule has 3 aromatic heterocycles. The normalized spacial score (nSPS) is 11.6. The first-order valence-electron chi connectivity index (χ1n) is 27.5. The predicted octanol–water partition coefficient (Wildman–Crippen LogP) is 19.8. The van der Waals surface area contributed by atoms with Crippen molar-refractivity contribution < 1.29 is 0 Å². The van der Waals surface area contributed by atoms with Crippen molar-refractivity contribution in [1.82, 2.24) is 24.1 Å². The fourth-order valence-electron chi connectivity index (χ4n) is 11.7. The molecule has 382 valence electrons. The van der Waals surface area contributed by atoms with E-state index in [4.69, 9.17) is 15.0 Å². The summed E-state index contributed by atoms with van der Waals surface area (Å²) in [6.45, 7) is 6.76. The number of hydrogen-bond donors (Lipinski definition) is 0. The zero-order chi connectivity index (χ0) is 54.2. The molecule has 0 unspecified atom stereocenters. The molecule has 14 aromatic rings. The molecule has 0 fully saturated rings. The van der Waals surface area contributed by atoms with Gasteiger partial charge in [-0.3, -0.25) is 0 Å². The van der Waals surface area contributed by atoms with Crippen LogP contribution in [-0.4, -0.2) is 24.1 Å². The third-order valence-electron chi connectivity index (χ3n) is 15.6. The van der Waals surface area contributed by atoms with Crippen molar-refractivity contribution in [2.24, 2.45) is 0 Å². The molecule has 3 heterocycles. The van der Waals surface area contributed by atoms with Crippen LogP contribution in [0.3, 0.4) is 0 Å². The van der Waals surface area contributed by atoms with Crippen molar-refractivity contribution in [1.29, 1.82) is 0 Å². The first-order valence-corrected chi connectivity index (χ1v) is 27.5. The van der Waals surface area contributed by atoms with Gasteiger partial charge in [-0.2, -0.15) is 0 Å². The summed E-state index contributed by atoms with van der Waals surface area (Å²) in [6.07, 6.45) is 4.34. The van der Waals surface area contributed by atoms with E-state index in [1.54, 1.807) is 0 Å². The number of rotatable bonds is 12.